The van der Waals surface area contributed by atoms with Crippen molar-refractivity contribution in [2.24, 2.45) is 0 Å². The number of anilines is 6. The molecule has 0 saturated heterocycles. The fourth-order valence-electron chi connectivity index (χ4n) is 10.0. The standard InChI is InChI=1S/C62H40F6N4/c1-37-11-21-42(22-12-37)69(47-31-33-55-51(35-47)49-7-3-5-9-53(49)71(55)45-27-17-40(63)18-28-45)43-25-15-39(16-26-43)57-58(65)60(67)62(61(68)59(57)66)70(44-23-13-38(2)14-24-44)48-32-34-56-52(36-48)50-8-4-6-10-54(50)72(56)46-29-19-41(64)20-30-46/h3-36H,1-2H3. The molecule has 0 unspecified atom stereocenters. The summed E-state index contributed by atoms with van der Waals surface area (Å²) in [5, 5.41) is 3.41. The van der Waals surface area contributed by atoms with Crippen LogP contribution in [0.25, 0.3) is 66.1 Å². The molecule has 0 radical (unpaired) electrons. The zero-order valence-electron chi connectivity index (χ0n) is 38.7. The summed E-state index contributed by atoms with van der Waals surface area (Å²) in [6, 6.07) is 60.1. The lowest BCUT2D eigenvalue weighted by Gasteiger charge is -2.28. The first-order valence-electron chi connectivity index (χ1n) is 23.3. The Hall–Kier alpha value is -9.02. The first kappa shape index (κ1) is 44.2. The Balaban J connectivity index is 0.966. The van der Waals surface area contributed by atoms with Crippen molar-refractivity contribution < 1.29 is 26.3 Å². The van der Waals surface area contributed by atoms with Crippen LogP contribution in [0, 0.1) is 48.8 Å². The highest BCUT2D eigenvalue weighted by Crippen LogP contribution is 2.46. The minimum absolute atomic E-state index is 0.0725. The molecule has 4 nitrogen and oxygen atoms in total. The fourth-order valence-corrected chi connectivity index (χ4v) is 10.0. The molecule has 10 heteroatoms. The Morgan fingerprint density at radius 2 is 0.681 bits per heavy atom. The van der Waals surface area contributed by atoms with Gasteiger partial charge in [-0.25, -0.2) is 26.3 Å². The second-order valence-electron chi connectivity index (χ2n) is 17.9. The predicted molar refractivity (Wildman–Crippen MR) is 279 cm³/mol. The summed E-state index contributed by atoms with van der Waals surface area (Å²) in [5.74, 6) is -6.97. The van der Waals surface area contributed by atoms with Gasteiger partial charge in [0.1, 0.15) is 17.3 Å². The molecule has 0 aliphatic rings. The first-order chi connectivity index (χ1) is 35.0. The maximum Gasteiger partial charge on any atom is 0.186 e. The molecule has 12 rings (SSSR count). The summed E-state index contributed by atoms with van der Waals surface area (Å²) in [4.78, 5) is 3.19. The minimum atomic E-state index is -1.57. The van der Waals surface area contributed by atoms with Gasteiger partial charge >= 0.3 is 0 Å². The summed E-state index contributed by atoms with van der Waals surface area (Å²) in [7, 11) is 0. The van der Waals surface area contributed by atoms with Gasteiger partial charge < -0.3 is 18.9 Å². The van der Waals surface area contributed by atoms with Crippen LogP contribution in [0.3, 0.4) is 0 Å². The van der Waals surface area contributed by atoms with Crippen molar-refractivity contribution in [2.75, 3.05) is 9.80 Å². The van der Waals surface area contributed by atoms with E-state index in [0.717, 1.165) is 66.4 Å². The van der Waals surface area contributed by atoms with Gasteiger partial charge in [0.05, 0.1) is 27.6 Å². The number of aromatic nitrogens is 2. The van der Waals surface area contributed by atoms with Crippen molar-refractivity contribution in [1.82, 2.24) is 9.13 Å². The van der Waals surface area contributed by atoms with E-state index in [1.165, 1.54) is 41.3 Å². The van der Waals surface area contributed by atoms with Gasteiger partial charge in [0.2, 0.25) is 0 Å². The zero-order chi connectivity index (χ0) is 49.4. The summed E-state index contributed by atoms with van der Waals surface area (Å²) in [5.41, 5.74) is 7.63. The van der Waals surface area contributed by atoms with Gasteiger partial charge in [-0.15, -0.1) is 0 Å². The van der Waals surface area contributed by atoms with Crippen LogP contribution in [0.15, 0.2) is 206 Å². The van der Waals surface area contributed by atoms with Gasteiger partial charge in [-0.2, -0.15) is 0 Å². The third-order valence-electron chi connectivity index (χ3n) is 13.5. The lowest BCUT2D eigenvalue weighted by molar-refractivity contribution is 0.461. The van der Waals surface area contributed by atoms with Gasteiger partial charge in [-0.1, -0.05) is 83.9 Å². The van der Waals surface area contributed by atoms with Gasteiger partial charge in [-0.05, 0) is 153 Å². The lowest BCUT2D eigenvalue weighted by atomic mass is 10.0. The SMILES string of the molecule is Cc1ccc(N(c2ccc(-c3c(F)c(F)c(N(c4ccc(C)cc4)c4ccc5c(c4)c4ccccc4n5-c4ccc(F)cc4)c(F)c3F)cc2)c2ccc3c(c2)c2ccccc2n3-c2ccc(F)cc2)cc1. The van der Waals surface area contributed by atoms with E-state index in [9.17, 15) is 8.78 Å². The molecule has 0 spiro atoms. The molecule has 2 aromatic heterocycles. The number of aryl methyl sites for hydroxylation is 2. The van der Waals surface area contributed by atoms with E-state index in [4.69, 9.17) is 0 Å². The molecule has 12 aromatic rings. The number of hydrogen-bond donors (Lipinski definition) is 0. The average molecular weight is 955 g/mol. The highest BCUT2D eigenvalue weighted by Gasteiger charge is 2.32. The van der Waals surface area contributed by atoms with Crippen LogP contribution in [0.2, 0.25) is 0 Å². The molecule has 0 fully saturated rings. The molecule has 0 saturated carbocycles. The number of hydrogen-bond acceptors (Lipinski definition) is 2. The van der Waals surface area contributed by atoms with Crippen LogP contribution in [0.4, 0.5) is 60.5 Å². The van der Waals surface area contributed by atoms with E-state index < -0.39 is 34.5 Å². The van der Waals surface area contributed by atoms with Gasteiger partial charge in [0, 0.05) is 61.4 Å². The molecule has 10 aromatic carbocycles. The van der Waals surface area contributed by atoms with Crippen molar-refractivity contribution in [3.05, 3.63) is 252 Å². The smallest absolute Gasteiger partial charge is 0.186 e. The largest absolute Gasteiger partial charge is 0.310 e. The van der Waals surface area contributed by atoms with Crippen LogP contribution >= 0.6 is 0 Å². The molecule has 0 bridgehead atoms. The second-order valence-corrected chi connectivity index (χ2v) is 17.9. The highest BCUT2D eigenvalue weighted by atomic mass is 19.2. The number of halogens is 6. The number of benzene rings is 10. The van der Waals surface area contributed by atoms with E-state index in [1.807, 2.05) is 108 Å². The van der Waals surface area contributed by atoms with Crippen molar-refractivity contribution in [3.8, 4) is 22.5 Å². The Morgan fingerprint density at radius 3 is 1.12 bits per heavy atom. The molecule has 0 atom stereocenters. The van der Waals surface area contributed by atoms with Crippen LogP contribution < -0.4 is 9.80 Å². The number of fused-ring (bicyclic) bond motifs is 6. The second kappa shape index (κ2) is 17.4. The summed E-state index contributed by atoms with van der Waals surface area (Å²) < 4.78 is 100. The number of rotatable bonds is 9. The fraction of sp³-hybridized carbons (Fsp3) is 0.0323. The molecule has 0 amide bonds. The van der Waals surface area contributed by atoms with Gasteiger partial charge in [-0.3, -0.25) is 0 Å². The van der Waals surface area contributed by atoms with Crippen LogP contribution in [0.1, 0.15) is 11.1 Å². The Bertz CT molecular complexity index is 4020. The molecule has 2 heterocycles. The lowest BCUT2D eigenvalue weighted by Crippen LogP contribution is -2.16. The first-order valence-corrected chi connectivity index (χ1v) is 23.3. The maximum absolute atomic E-state index is 17.1. The summed E-state index contributed by atoms with van der Waals surface area (Å²) >= 11 is 0. The van der Waals surface area contributed by atoms with Crippen LogP contribution in [-0.4, -0.2) is 9.13 Å². The third-order valence-corrected chi connectivity index (χ3v) is 13.5. The van der Waals surface area contributed by atoms with E-state index >= 15 is 17.6 Å². The van der Waals surface area contributed by atoms with Crippen LogP contribution in [-0.2, 0) is 0 Å². The number of para-hydroxylation sites is 2. The van der Waals surface area contributed by atoms with Gasteiger partial charge in [0.15, 0.2) is 23.3 Å². The van der Waals surface area contributed by atoms with E-state index in [-0.39, 0.29) is 28.6 Å². The van der Waals surface area contributed by atoms with Gasteiger partial charge in [0.25, 0.3) is 0 Å². The van der Waals surface area contributed by atoms with E-state index in [2.05, 4.69) is 10.6 Å². The van der Waals surface area contributed by atoms with E-state index in [0.29, 0.717) is 16.8 Å². The molecule has 350 valence electrons. The molecule has 0 aliphatic carbocycles. The third kappa shape index (κ3) is 7.33. The normalized spacial score (nSPS) is 11.6. The molecule has 0 N–H and O–H groups in total. The quantitative estimate of drug-likeness (QED) is 0.106. The highest BCUT2D eigenvalue weighted by molar-refractivity contribution is 6.12. The summed E-state index contributed by atoms with van der Waals surface area (Å²) in [6.07, 6.45) is 0. The van der Waals surface area contributed by atoms with Crippen LogP contribution in [0.5, 0.6) is 0 Å². The predicted octanol–water partition coefficient (Wildman–Crippen LogP) is 17.9. The molecular weight excluding hydrogens is 915 g/mol. The summed E-state index contributed by atoms with van der Waals surface area (Å²) in [6.45, 7) is 3.85. The Kier molecular flexibility index (Phi) is 10.7. The zero-order valence-corrected chi connectivity index (χ0v) is 38.7. The molecule has 72 heavy (non-hydrogen) atoms. The molecular formula is C62H40F6N4. The van der Waals surface area contributed by atoms with Crippen molar-refractivity contribution >= 4 is 77.7 Å². The topological polar surface area (TPSA) is 16.3 Å². The maximum atomic E-state index is 17.1. The average Bonchev–Trinajstić information content (AvgIpc) is 3.91. The Labute approximate surface area is 410 Å². The van der Waals surface area contributed by atoms with E-state index in [1.54, 1.807) is 78.9 Å². The van der Waals surface area contributed by atoms with Crippen molar-refractivity contribution in [3.63, 3.8) is 0 Å². The Morgan fingerprint density at radius 1 is 0.319 bits per heavy atom. The minimum Gasteiger partial charge on any atom is -0.310 e. The number of nitrogens with zero attached hydrogens (tertiary/aromatic N) is 4. The monoisotopic (exact) mass is 954 g/mol. The van der Waals surface area contributed by atoms with Crippen molar-refractivity contribution in [2.45, 2.75) is 13.8 Å². The molecule has 0 aliphatic heterocycles. The van der Waals surface area contributed by atoms with Crippen molar-refractivity contribution in [1.29, 1.82) is 0 Å².